The van der Waals surface area contributed by atoms with Gasteiger partial charge >= 0.3 is 0 Å². The van der Waals surface area contributed by atoms with E-state index in [2.05, 4.69) is 48.1 Å². The van der Waals surface area contributed by atoms with Gasteiger partial charge in [0.15, 0.2) is 0 Å². The van der Waals surface area contributed by atoms with Crippen LogP contribution in [0.1, 0.15) is 26.3 Å². The van der Waals surface area contributed by atoms with Crippen molar-refractivity contribution >= 4 is 33.6 Å². The Labute approximate surface area is 111 Å². The Morgan fingerprint density at radius 2 is 2.25 bits per heavy atom. The first-order valence-corrected chi connectivity index (χ1v) is 6.58. The van der Waals surface area contributed by atoms with Crippen LogP contribution >= 0.6 is 27.5 Å². The van der Waals surface area contributed by atoms with E-state index < -0.39 is 0 Å². The van der Waals surface area contributed by atoms with Crippen molar-refractivity contribution in [2.24, 2.45) is 0 Å². The zero-order chi connectivity index (χ0) is 12.1. The quantitative estimate of drug-likeness (QED) is 0.863. The van der Waals surface area contributed by atoms with E-state index in [1.807, 2.05) is 18.2 Å². The molecule has 0 radical (unpaired) electrons. The number of hydrogen-bond acceptors (Lipinski definition) is 1. The molecule has 0 aliphatic rings. The molecule has 16 heavy (non-hydrogen) atoms. The molecule has 1 atom stereocenters. The van der Waals surface area contributed by atoms with E-state index in [0.29, 0.717) is 6.04 Å². The Morgan fingerprint density at radius 1 is 1.56 bits per heavy atom. The summed E-state index contributed by atoms with van der Waals surface area (Å²) in [4.78, 5) is 0. The summed E-state index contributed by atoms with van der Waals surface area (Å²) in [6.45, 7) is 7.35. The van der Waals surface area contributed by atoms with Crippen molar-refractivity contribution in [2.75, 3.05) is 6.54 Å². The molecule has 88 valence electrons. The molecule has 0 aliphatic carbocycles. The minimum atomic E-state index is 0.379. The maximum Gasteiger partial charge on any atom is 0.0489 e. The van der Waals surface area contributed by atoms with Crippen LogP contribution in [0.4, 0.5) is 0 Å². The molecule has 0 amide bonds. The molecular weight excluding hydrogens is 286 g/mol. The van der Waals surface area contributed by atoms with E-state index in [1.165, 1.54) is 5.57 Å². The second kappa shape index (κ2) is 6.43. The van der Waals surface area contributed by atoms with Crippen LogP contribution in [0.3, 0.4) is 0 Å². The molecule has 1 aromatic carbocycles. The highest BCUT2D eigenvalue weighted by molar-refractivity contribution is 9.10. The Morgan fingerprint density at radius 3 is 2.81 bits per heavy atom. The lowest BCUT2D eigenvalue weighted by Crippen LogP contribution is -2.26. The number of nitrogens with one attached hydrogen (secondary N) is 1. The van der Waals surface area contributed by atoms with Gasteiger partial charge in [0.1, 0.15) is 0 Å². The zero-order valence-electron chi connectivity index (χ0n) is 9.85. The van der Waals surface area contributed by atoms with Gasteiger partial charge in [0, 0.05) is 15.5 Å². The maximum absolute atomic E-state index is 6.16. The molecule has 0 saturated carbocycles. The van der Waals surface area contributed by atoms with Crippen molar-refractivity contribution in [3.8, 4) is 0 Å². The normalized spacial score (nSPS) is 13.9. The van der Waals surface area contributed by atoms with Gasteiger partial charge in [-0.25, -0.2) is 0 Å². The van der Waals surface area contributed by atoms with Crippen molar-refractivity contribution in [1.82, 2.24) is 5.32 Å². The number of benzene rings is 1. The van der Waals surface area contributed by atoms with Crippen molar-refractivity contribution in [1.29, 1.82) is 0 Å². The molecule has 1 aromatic rings. The lowest BCUT2D eigenvalue weighted by molar-refractivity contribution is 0.636. The molecular formula is C13H17BrClN. The van der Waals surface area contributed by atoms with Gasteiger partial charge in [0.2, 0.25) is 0 Å². The first-order chi connectivity index (χ1) is 7.54. The molecule has 0 aromatic heterocycles. The molecule has 0 aliphatic heterocycles. The van der Waals surface area contributed by atoms with E-state index in [0.717, 1.165) is 21.6 Å². The summed E-state index contributed by atoms with van der Waals surface area (Å²) < 4.78 is 1.01. The van der Waals surface area contributed by atoms with Crippen molar-refractivity contribution in [2.45, 2.75) is 26.8 Å². The Hall–Kier alpha value is -0.310. The van der Waals surface area contributed by atoms with E-state index in [9.17, 15) is 0 Å². The van der Waals surface area contributed by atoms with Gasteiger partial charge in [0.05, 0.1) is 0 Å². The van der Waals surface area contributed by atoms with Gasteiger partial charge < -0.3 is 5.32 Å². The second-order valence-electron chi connectivity index (χ2n) is 3.83. The van der Waals surface area contributed by atoms with E-state index in [4.69, 9.17) is 11.6 Å². The topological polar surface area (TPSA) is 12.0 Å². The van der Waals surface area contributed by atoms with Crippen LogP contribution in [-0.2, 0) is 0 Å². The minimum Gasteiger partial charge on any atom is -0.311 e. The molecule has 0 fully saturated rings. The minimum absolute atomic E-state index is 0.379. The molecule has 1 unspecified atom stereocenters. The van der Waals surface area contributed by atoms with Crippen LogP contribution in [0.25, 0.3) is 6.08 Å². The standard InChI is InChI=1S/C13H17BrClN/c1-4-16-10(3)9(2)7-11-5-6-12(14)8-13(11)15/h5-8,10,16H,4H2,1-3H3/b9-7+. The summed E-state index contributed by atoms with van der Waals surface area (Å²) in [7, 11) is 0. The summed E-state index contributed by atoms with van der Waals surface area (Å²) in [6, 6.07) is 6.32. The van der Waals surface area contributed by atoms with E-state index >= 15 is 0 Å². The van der Waals surface area contributed by atoms with E-state index in [1.54, 1.807) is 0 Å². The largest absolute Gasteiger partial charge is 0.311 e. The fourth-order valence-electron chi connectivity index (χ4n) is 1.46. The van der Waals surface area contributed by atoms with Crippen LogP contribution in [-0.4, -0.2) is 12.6 Å². The second-order valence-corrected chi connectivity index (χ2v) is 5.16. The predicted molar refractivity (Wildman–Crippen MR) is 75.9 cm³/mol. The SMILES string of the molecule is CCNC(C)/C(C)=C/c1ccc(Br)cc1Cl. The summed E-state index contributed by atoms with van der Waals surface area (Å²) in [5.74, 6) is 0. The van der Waals surface area contributed by atoms with Gasteiger partial charge in [0.25, 0.3) is 0 Å². The van der Waals surface area contributed by atoms with E-state index in [-0.39, 0.29) is 0 Å². The number of hydrogen-bond donors (Lipinski definition) is 1. The molecule has 0 saturated heterocycles. The molecule has 1 N–H and O–H groups in total. The molecule has 3 heteroatoms. The first-order valence-electron chi connectivity index (χ1n) is 5.41. The maximum atomic E-state index is 6.16. The Kier molecular flexibility index (Phi) is 5.53. The highest BCUT2D eigenvalue weighted by Crippen LogP contribution is 2.23. The Bertz CT molecular complexity index is 388. The third kappa shape index (κ3) is 3.93. The van der Waals surface area contributed by atoms with Crippen LogP contribution in [0, 0.1) is 0 Å². The number of halogens is 2. The van der Waals surface area contributed by atoms with Gasteiger partial charge in [-0.1, -0.05) is 52.2 Å². The fraction of sp³-hybridized carbons (Fsp3) is 0.385. The lowest BCUT2D eigenvalue weighted by Gasteiger charge is -2.13. The van der Waals surface area contributed by atoms with Crippen LogP contribution < -0.4 is 5.32 Å². The third-order valence-corrected chi connectivity index (χ3v) is 3.36. The molecule has 0 bridgehead atoms. The fourth-order valence-corrected chi connectivity index (χ4v) is 2.18. The molecule has 0 spiro atoms. The zero-order valence-corrected chi connectivity index (χ0v) is 12.2. The average molecular weight is 303 g/mol. The molecule has 1 rings (SSSR count). The highest BCUT2D eigenvalue weighted by Gasteiger charge is 2.04. The first kappa shape index (κ1) is 13.8. The monoisotopic (exact) mass is 301 g/mol. The lowest BCUT2D eigenvalue weighted by atomic mass is 10.1. The molecule has 1 nitrogen and oxygen atoms in total. The molecule has 0 heterocycles. The smallest absolute Gasteiger partial charge is 0.0489 e. The average Bonchev–Trinajstić information content (AvgIpc) is 2.22. The van der Waals surface area contributed by atoms with Crippen LogP contribution in [0.15, 0.2) is 28.2 Å². The summed E-state index contributed by atoms with van der Waals surface area (Å²) >= 11 is 9.56. The Balaban J connectivity index is 2.89. The van der Waals surface area contributed by atoms with Crippen molar-refractivity contribution in [3.63, 3.8) is 0 Å². The van der Waals surface area contributed by atoms with Crippen molar-refractivity contribution < 1.29 is 0 Å². The summed E-state index contributed by atoms with van der Waals surface area (Å²) in [5.41, 5.74) is 2.35. The number of rotatable bonds is 4. The van der Waals surface area contributed by atoms with Crippen LogP contribution in [0.2, 0.25) is 5.02 Å². The summed E-state index contributed by atoms with van der Waals surface area (Å²) in [5, 5.41) is 4.15. The van der Waals surface area contributed by atoms with Gasteiger partial charge in [-0.2, -0.15) is 0 Å². The number of likely N-dealkylation sites (N-methyl/N-ethyl adjacent to an activating group) is 1. The third-order valence-electron chi connectivity index (χ3n) is 2.54. The highest BCUT2D eigenvalue weighted by atomic mass is 79.9. The van der Waals surface area contributed by atoms with Gasteiger partial charge in [-0.15, -0.1) is 0 Å². The van der Waals surface area contributed by atoms with Crippen molar-refractivity contribution in [3.05, 3.63) is 38.8 Å². The van der Waals surface area contributed by atoms with Crippen LogP contribution in [0.5, 0.6) is 0 Å². The predicted octanol–water partition coefficient (Wildman–Crippen LogP) is 4.50. The van der Waals surface area contributed by atoms with Gasteiger partial charge in [-0.3, -0.25) is 0 Å². The summed E-state index contributed by atoms with van der Waals surface area (Å²) in [6.07, 6.45) is 2.13. The van der Waals surface area contributed by atoms with Gasteiger partial charge in [-0.05, 0) is 38.1 Å².